The molecule has 0 bridgehead atoms. The zero-order valence-electron chi connectivity index (χ0n) is 19.4. The van der Waals surface area contributed by atoms with Gasteiger partial charge in [0.05, 0.1) is 6.10 Å². The Morgan fingerprint density at radius 2 is 1.54 bits per heavy atom. The van der Waals surface area contributed by atoms with Gasteiger partial charge in [-0.15, -0.1) is 0 Å². The molecular weight excluding hydrogens is 454 g/mol. The van der Waals surface area contributed by atoms with Gasteiger partial charge in [-0.2, -0.15) is 0 Å². The number of nitrogens with one attached hydrogen (secondary N) is 2. The Balaban J connectivity index is 1.44. The van der Waals surface area contributed by atoms with Gasteiger partial charge in [0.1, 0.15) is 31.8 Å². The molecule has 0 unspecified atom stereocenters. The molecule has 1 saturated heterocycles. The minimum absolute atomic E-state index is 0.0474. The lowest BCUT2D eigenvalue weighted by Gasteiger charge is -2.26. The number of rotatable bonds is 9. The Labute approximate surface area is 203 Å². The van der Waals surface area contributed by atoms with Gasteiger partial charge >= 0.3 is 12.1 Å². The average Bonchev–Trinajstić information content (AvgIpc) is 3.27. The minimum Gasteiger partial charge on any atom is -0.459 e. The molecule has 10 heteroatoms. The number of esters is 1. The van der Waals surface area contributed by atoms with Gasteiger partial charge in [-0.25, -0.2) is 9.59 Å². The van der Waals surface area contributed by atoms with Gasteiger partial charge < -0.3 is 30.1 Å². The number of carbonyl (C=O) groups excluding carboxylic acids is 4. The molecule has 3 rings (SSSR count). The number of nitrogens with zero attached hydrogens (tertiary/aromatic N) is 1. The van der Waals surface area contributed by atoms with E-state index in [1.54, 1.807) is 12.1 Å². The van der Waals surface area contributed by atoms with E-state index in [0.29, 0.717) is 0 Å². The topological polar surface area (TPSA) is 134 Å². The molecule has 0 spiro atoms. The maximum Gasteiger partial charge on any atom is 0.407 e. The van der Waals surface area contributed by atoms with Crippen molar-refractivity contribution in [2.45, 2.75) is 44.7 Å². The molecule has 186 valence electrons. The van der Waals surface area contributed by atoms with Crippen LogP contribution in [-0.4, -0.2) is 65.2 Å². The van der Waals surface area contributed by atoms with Gasteiger partial charge in [-0.3, -0.25) is 9.59 Å². The maximum absolute atomic E-state index is 12.9. The lowest BCUT2D eigenvalue weighted by Crippen LogP contribution is -2.52. The summed E-state index contributed by atoms with van der Waals surface area (Å²) >= 11 is 0. The van der Waals surface area contributed by atoms with E-state index in [9.17, 15) is 24.3 Å². The van der Waals surface area contributed by atoms with Crippen molar-refractivity contribution in [3.05, 3.63) is 71.8 Å². The van der Waals surface area contributed by atoms with Crippen molar-refractivity contribution in [1.82, 2.24) is 15.5 Å². The van der Waals surface area contributed by atoms with Crippen molar-refractivity contribution < 1.29 is 33.8 Å². The van der Waals surface area contributed by atoms with E-state index in [2.05, 4.69) is 10.6 Å². The van der Waals surface area contributed by atoms with Crippen molar-refractivity contribution in [1.29, 1.82) is 0 Å². The summed E-state index contributed by atoms with van der Waals surface area (Å²) in [5.41, 5.74) is 1.60. The van der Waals surface area contributed by atoms with E-state index in [4.69, 9.17) is 9.47 Å². The Morgan fingerprint density at radius 1 is 0.971 bits per heavy atom. The maximum atomic E-state index is 12.9. The van der Waals surface area contributed by atoms with Crippen LogP contribution in [0, 0.1) is 0 Å². The Hall–Kier alpha value is -3.92. The summed E-state index contributed by atoms with van der Waals surface area (Å²) in [5, 5.41) is 14.8. The van der Waals surface area contributed by atoms with Crippen LogP contribution < -0.4 is 10.6 Å². The van der Waals surface area contributed by atoms with Crippen LogP contribution in [0.4, 0.5) is 4.79 Å². The van der Waals surface area contributed by atoms with E-state index in [1.165, 1.54) is 11.8 Å². The predicted octanol–water partition coefficient (Wildman–Crippen LogP) is 1.12. The number of carbonyl (C=O) groups is 4. The number of ether oxygens (including phenoxy) is 2. The Bertz CT molecular complexity index is 1020. The second-order valence-electron chi connectivity index (χ2n) is 8.19. The summed E-state index contributed by atoms with van der Waals surface area (Å²) in [6, 6.07) is 16.2. The van der Waals surface area contributed by atoms with E-state index >= 15 is 0 Å². The zero-order chi connectivity index (χ0) is 25.2. The molecule has 2 aromatic carbocycles. The number of benzene rings is 2. The molecule has 0 saturated carbocycles. The number of hydrogen-bond donors (Lipinski definition) is 3. The van der Waals surface area contributed by atoms with Gasteiger partial charge in [0.25, 0.3) is 0 Å². The van der Waals surface area contributed by atoms with E-state index in [1.807, 2.05) is 48.5 Å². The van der Waals surface area contributed by atoms with Gasteiger partial charge in [-0.1, -0.05) is 60.7 Å². The monoisotopic (exact) mass is 483 g/mol. The van der Waals surface area contributed by atoms with Crippen LogP contribution in [0.2, 0.25) is 0 Å². The van der Waals surface area contributed by atoms with Gasteiger partial charge in [0.2, 0.25) is 11.8 Å². The van der Waals surface area contributed by atoms with Crippen LogP contribution in [0.25, 0.3) is 0 Å². The summed E-state index contributed by atoms with van der Waals surface area (Å²) in [6.45, 7) is 1.13. The number of hydrogen-bond acceptors (Lipinski definition) is 7. The Kier molecular flexibility index (Phi) is 9.19. The van der Waals surface area contributed by atoms with Crippen LogP contribution in [0.1, 0.15) is 24.5 Å². The highest BCUT2D eigenvalue weighted by Crippen LogP contribution is 2.21. The second-order valence-corrected chi connectivity index (χ2v) is 8.19. The highest BCUT2D eigenvalue weighted by Gasteiger charge is 2.41. The summed E-state index contributed by atoms with van der Waals surface area (Å²) in [4.78, 5) is 50.7. The number of aliphatic hydroxyl groups is 1. The third-order valence-electron chi connectivity index (χ3n) is 5.41. The third-order valence-corrected chi connectivity index (χ3v) is 5.41. The minimum atomic E-state index is -0.987. The molecule has 1 fully saturated rings. The molecule has 0 aliphatic carbocycles. The zero-order valence-corrected chi connectivity index (χ0v) is 19.4. The van der Waals surface area contributed by atoms with E-state index in [-0.39, 0.29) is 26.2 Å². The quantitative estimate of drug-likeness (QED) is 0.455. The SMILES string of the molecule is C[C@@H](NC(=O)CNC(=O)OCc1ccccc1)C(=O)N1C[C@H](O)C[C@@H]1C(=O)OCc1ccccc1. The molecule has 3 atom stereocenters. The number of amides is 3. The molecule has 0 radical (unpaired) electrons. The molecule has 3 N–H and O–H groups in total. The fourth-order valence-corrected chi connectivity index (χ4v) is 3.64. The van der Waals surface area contributed by atoms with E-state index in [0.717, 1.165) is 11.1 Å². The summed E-state index contributed by atoms with van der Waals surface area (Å²) in [7, 11) is 0. The van der Waals surface area contributed by atoms with Crippen molar-refractivity contribution >= 4 is 23.9 Å². The first-order valence-electron chi connectivity index (χ1n) is 11.3. The van der Waals surface area contributed by atoms with Gasteiger partial charge in [0.15, 0.2) is 0 Å². The first-order chi connectivity index (χ1) is 16.8. The smallest absolute Gasteiger partial charge is 0.407 e. The number of β-amino-alcohol motifs (C(OH)–C–C–N with tert-alkyl or cyclic N) is 1. The van der Waals surface area contributed by atoms with Gasteiger partial charge in [0, 0.05) is 13.0 Å². The molecule has 1 heterocycles. The van der Waals surface area contributed by atoms with Crippen molar-refractivity contribution in [2.75, 3.05) is 13.1 Å². The van der Waals surface area contributed by atoms with Gasteiger partial charge in [-0.05, 0) is 18.1 Å². The standard InChI is InChI=1S/C25H29N3O7/c1-17(27-22(30)13-26-25(33)35-16-19-10-6-3-7-11-19)23(31)28-14-20(29)12-21(28)24(32)34-15-18-8-4-2-5-9-18/h2-11,17,20-21,29H,12-16H2,1H3,(H,26,33)(H,27,30)/t17-,20-,21-/m1/s1. The average molecular weight is 484 g/mol. The number of aliphatic hydroxyl groups excluding tert-OH is 1. The van der Waals surface area contributed by atoms with Crippen molar-refractivity contribution in [3.63, 3.8) is 0 Å². The molecule has 3 amide bonds. The van der Waals surface area contributed by atoms with Crippen molar-refractivity contribution in [2.24, 2.45) is 0 Å². The fraction of sp³-hybridized carbons (Fsp3) is 0.360. The molecular formula is C25H29N3O7. The second kappa shape index (κ2) is 12.5. The summed E-state index contributed by atoms with van der Waals surface area (Å²) in [5.74, 6) is -1.77. The lowest BCUT2D eigenvalue weighted by atomic mass is 10.2. The predicted molar refractivity (Wildman–Crippen MR) is 125 cm³/mol. The molecule has 1 aliphatic heterocycles. The molecule has 0 aromatic heterocycles. The Morgan fingerprint density at radius 3 is 2.14 bits per heavy atom. The summed E-state index contributed by atoms with van der Waals surface area (Å²) < 4.78 is 10.4. The lowest BCUT2D eigenvalue weighted by molar-refractivity contribution is -0.155. The first kappa shape index (κ1) is 25.7. The fourth-order valence-electron chi connectivity index (χ4n) is 3.64. The molecule has 35 heavy (non-hydrogen) atoms. The van der Waals surface area contributed by atoms with Crippen LogP contribution >= 0.6 is 0 Å². The molecule has 1 aliphatic rings. The third kappa shape index (κ3) is 7.82. The first-order valence-corrected chi connectivity index (χ1v) is 11.3. The highest BCUT2D eigenvalue weighted by molar-refractivity contribution is 5.92. The van der Waals surface area contributed by atoms with Crippen LogP contribution in [0.5, 0.6) is 0 Å². The van der Waals surface area contributed by atoms with Crippen molar-refractivity contribution in [3.8, 4) is 0 Å². The van der Waals surface area contributed by atoms with Crippen LogP contribution in [0.3, 0.4) is 0 Å². The molecule has 10 nitrogen and oxygen atoms in total. The van der Waals surface area contributed by atoms with Crippen LogP contribution in [-0.2, 0) is 37.1 Å². The number of likely N-dealkylation sites (tertiary alicyclic amines) is 1. The number of alkyl carbamates (subject to hydrolysis) is 1. The largest absolute Gasteiger partial charge is 0.459 e. The van der Waals surface area contributed by atoms with Crippen LogP contribution in [0.15, 0.2) is 60.7 Å². The van der Waals surface area contributed by atoms with E-state index < -0.39 is 48.6 Å². The molecule has 2 aromatic rings. The highest BCUT2D eigenvalue weighted by atomic mass is 16.5. The summed E-state index contributed by atoms with van der Waals surface area (Å²) in [6.07, 6.45) is -1.60. The normalized spacial score (nSPS) is 17.8.